The molecule has 0 radical (unpaired) electrons. The number of nitrogens with zero attached hydrogens (tertiary/aromatic N) is 3. The molecule has 2 heterocycles. The van der Waals surface area contributed by atoms with Crippen LogP contribution in [0.1, 0.15) is 11.6 Å². The molecule has 0 saturated carbocycles. The minimum atomic E-state index is 0.339. The van der Waals surface area contributed by atoms with Crippen LogP contribution in [-0.4, -0.2) is 49.5 Å². The van der Waals surface area contributed by atoms with Crippen molar-refractivity contribution in [2.75, 3.05) is 33.7 Å². The van der Waals surface area contributed by atoms with E-state index in [9.17, 15) is 0 Å². The Labute approximate surface area is 100 Å². The maximum absolute atomic E-state index is 5.92. The highest BCUT2D eigenvalue weighted by Gasteiger charge is 2.27. The molecule has 0 aliphatic carbocycles. The molecule has 0 amide bonds. The van der Waals surface area contributed by atoms with Gasteiger partial charge in [-0.2, -0.15) is 11.3 Å². The summed E-state index contributed by atoms with van der Waals surface area (Å²) in [5.41, 5.74) is 7.25. The largest absolute Gasteiger partial charge is 0.370 e. The third-order valence-electron chi connectivity index (χ3n) is 2.81. The Bertz CT molecular complexity index is 358. The Morgan fingerprint density at radius 3 is 3.06 bits per heavy atom. The third kappa shape index (κ3) is 2.36. The van der Waals surface area contributed by atoms with Gasteiger partial charge in [-0.15, -0.1) is 0 Å². The van der Waals surface area contributed by atoms with Crippen LogP contribution in [0.2, 0.25) is 0 Å². The summed E-state index contributed by atoms with van der Waals surface area (Å²) in [6.45, 7) is 2.72. The predicted octanol–water partition coefficient (Wildman–Crippen LogP) is 0.981. The Morgan fingerprint density at radius 2 is 2.44 bits per heavy atom. The van der Waals surface area contributed by atoms with Crippen LogP contribution in [0.5, 0.6) is 0 Å². The summed E-state index contributed by atoms with van der Waals surface area (Å²) in [4.78, 5) is 8.70. The summed E-state index contributed by atoms with van der Waals surface area (Å²) in [7, 11) is 4.14. The van der Waals surface area contributed by atoms with Crippen LogP contribution in [0, 0.1) is 0 Å². The minimum Gasteiger partial charge on any atom is -0.370 e. The van der Waals surface area contributed by atoms with Crippen LogP contribution in [0.3, 0.4) is 0 Å². The van der Waals surface area contributed by atoms with E-state index in [4.69, 9.17) is 5.73 Å². The number of hydrogen-bond acceptors (Lipinski definition) is 5. The van der Waals surface area contributed by atoms with Crippen LogP contribution < -0.4 is 5.73 Å². The van der Waals surface area contributed by atoms with Crippen LogP contribution >= 0.6 is 11.3 Å². The second-order valence-electron chi connectivity index (χ2n) is 4.27. The molecule has 1 atom stereocenters. The summed E-state index contributed by atoms with van der Waals surface area (Å²) < 4.78 is 0. The topological polar surface area (TPSA) is 44.9 Å². The molecule has 1 aliphatic heterocycles. The molecule has 0 spiro atoms. The van der Waals surface area contributed by atoms with E-state index in [1.165, 1.54) is 5.56 Å². The molecule has 16 heavy (non-hydrogen) atoms. The predicted molar refractivity (Wildman–Crippen MR) is 68.8 cm³/mol. The second kappa shape index (κ2) is 4.84. The zero-order chi connectivity index (χ0) is 11.5. The lowest BCUT2D eigenvalue weighted by atomic mass is 10.1. The Hall–Kier alpha value is -1.07. The SMILES string of the molecule is CN(C)CCN1C(N)=NCC1c1ccsc1. The highest BCUT2D eigenvalue weighted by atomic mass is 32.1. The zero-order valence-electron chi connectivity index (χ0n) is 9.76. The molecule has 0 bridgehead atoms. The second-order valence-corrected chi connectivity index (χ2v) is 5.05. The van der Waals surface area contributed by atoms with E-state index in [1.54, 1.807) is 11.3 Å². The first-order valence-electron chi connectivity index (χ1n) is 5.42. The average molecular weight is 238 g/mol. The van der Waals surface area contributed by atoms with Crippen molar-refractivity contribution in [3.63, 3.8) is 0 Å². The molecule has 1 aliphatic rings. The smallest absolute Gasteiger partial charge is 0.191 e. The van der Waals surface area contributed by atoms with Gasteiger partial charge in [-0.05, 0) is 36.5 Å². The summed E-state index contributed by atoms with van der Waals surface area (Å²) in [6.07, 6.45) is 0. The lowest BCUT2D eigenvalue weighted by Gasteiger charge is -2.27. The molecule has 2 rings (SSSR count). The normalized spacial score (nSPS) is 20.6. The van der Waals surface area contributed by atoms with Crippen LogP contribution in [0.15, 0.2) is 21.8 Å². The van der Waals surface area contributed by atoms with E-state index in [-0.39, 0.29) is 0 Å². The molecule has 1 aromatic heterocycles. The number of aliphatic imine (C=N–C) groups is 1. The third-order valence-corrected chi connectivity index (χ3v) is 3.51. The van der Waals surface area contributed by atoms with Crippen molar-refractivity contribution in [1.82, 2.24) is 9.80 Å². The van der Waals surface area contributed by atoms with Crippen molar-refractivity contribution in [1.29, 1.82) is 0 Å². The molecular weight excluding hydrogens is 220 g/mol. The fourth-order valence-electron chi connectivity index (χ4n) is 1.86. The van der Waals surface area contributed by atoms with E-state index in [0.717, 1.165) is 19.6 Å². The van der Waals surface area contributed by atoms with Gasteiger partial charge >= 0.3 is 0 Å². The molecule has 4 nitrogen and oxygen atoms in total. The molecule has 5 heteroatoms. The first-order chi connectivity index (χ1) is 7.68. The standard InChI is InChI=1S/C11H18N4S/c1-14(2)4-5-15-10(7-13-11(15)12)9-3-6-16-8-9/h3,6,8,10H,4-5,7H2,1-2H3,(H2,12,13). The van der Waals surface area contributed by atoms with E-state index < -0.39 is 0 Å². The van der Waals surface area contributed by atoms with Gasteiger partial charge in [-0.3, -0.25) is 4.99 Å². The molecule has 88 valence electrons. The van der Waals surface area contributed by atoms with Crippen LogP contribution in [-0.2, 0) is 0 Å². The Kier molecular flexibility index (Phi) is 3.46. The molecule has 0 aromatic carbocycles. The van der Waals surface area contributed by atoms with Gasteiger partial charge in [0.15, 0.2) is 5.96 Å². The number of likely N-dealkylation sites (N-methyl/N-ethyl adjacent to an activating group) is 1. The van der Waals surface area contributed by atoms with Crippen molar-refractivity contribution in [3.05, 3.63) is 22.4 Å². The number of nitrogens with two attached hydrogens (primary N) is 1. The van der Waals surface area contributed by atoms with Gasteiger partial charge in [0.05, 0.1) is 12.6 Å². The maximum atomic E-state index is 5.92. The van der Waals surface area contributed by atoms with Gasteiger partial charge in [-0.1, -0.05) is 0 Å². The van der Waals surface area contributed by atoms with E-state index in [0.29, 0.717) is 12.0 Å². The quantitative estimate of drug-likeness (QED) is 0.850. The van der Waals surface area contributed by atoms with Crippen LogP contribution in [0.25, 0.3) is 0 Å². The molecule has 1 unspecified atom stereocenters. The van der Waals surface area contributed by atoms with Crippen molar-refractivity contribution in [3.8, 4) is 0 Å². The van der Waals surface area contributed by atoms with Gasteiger partial charge in [0, 0.05) is 13.1 Å². The van der Waals surface area contributed by atoms with E-state index in [2.05, 4.69) is 45.7 Å². The molecule has 0 saturated heterocycles. The first kappa shape index (κ1) is 11.4. The average Bonchev–Trinajstić information content (AvgIpc) is 2.83. The van der Waals surface area contributed by atoms with E-state index in [1.807, 2.05) is 0 Å². The van der Waals surface area contributed by atoms with E-state index >= 15 is 0 Å². The fraction of sp³-hybridized carbons (Fsp3) is 0.545. The minimum absolute atomic E-state index is 0.339. The Balaban J connectivity index is 2.04. The Morgan fingerprint density at radius 1 is 1.62 bits per heavy atom. The maximum Gasteiger partial charge on any atom is 0.191 e. The van der Waals surface area contributed by atoms with Crippen molar-refractivity contribution < 1.29 is 0 Å². The summed E-state index contributed by atoms with van der Waals surface area (Å²) >= 11 is 1.73. The number of thiophene rings is 1. The van der Waals surface area contributed by atoms with Gasteiger partial charge in [0.25, 0.3) is 0 Å². The van der Waals surface area contributed by atoms with Crippen molar-refractivity contribution in [2.24, 2.45) is 10.7 Å². The van der Waals surface area contributed by atoms with Gasteiger partial charge in [0.1, 0.15) is 0 Å². The number of guanidine groups is 1. The molecule has 1 aromatic rings. The highest BCUT2D eigenvalue weighted by Crippen LogP contribution is 2.26. The van der Waals surface area contributed by atoms with Gasteiger partial charge < -0.3 is 15.5 Å². The fourth-order valence-corrected chi connectivity index (χ4v) is 2.56. The summed E-state index contributed by atoms with van der Waals surface area (Å²) in [5.74, 6) is 0.679. The number of hydrogen-bond donors (Lipinski definition) is 1. The number of rotatable bonds is 4. The van der Waals surface area contributed by atoms with Crippen LogP contribution in [0.4, 0.5) is 0 Å². The van der Waals surface area contributed by atoms with Gasteiger partial charge in [0.2, 0.25) is 0 Å². The monoisotopic (exact) mass is 238 g/mol. The highest BCUT2D eigenvalue weighted by molar-refractivity contribution is 7.07. The van der Waals surface area contributed by atoms with Crippen molar-refractivity contribution in [2.45, 2.75) is 6.04 Å². The van der Waals surface area contributed by atoms with Crippen molar-refractivity contribution >= 4 is 17.3 Å². The lowest BCUT2D eigenvalue weighted by Crippen LogP contribution is -2.40. The first-order valence-corrected chi connectivity index (χ1v) is 6.36. The molecule has 2 N–H and O–H groups in total. The molecular formula is C11H18N4S. The molecule has 0 fully saturated rings. The van der Waals surface area contributed by atoms with Gasteiger partial charge in [-0.25, -0.2) is 0 Å². The summed E-state index contributed by atoms with van der Waals surface area (Å²) in [6, 6.07) is 2.50. The summed E-state index contributed by atoms with van der Waals surface area (Å²) in [5, 5.41) is 4.29. The lowest BCUT2D eigenvalue weighted by molar-refractivity contribution is 0.293. The zero-order valence-corrected chi connectivity index (χ0v) is 10.6.